The van der Waals surface area contributed by atoms with Crippen LogP contribution in [0.15, 0.2) is 11.6 Å². The second-order valence-electron chi connectivity index (χ2n) is 2.56. The van der Waals surface area contributed by atoms with Gasteiger partial charge in [0.05, 0.1) is 11.5 Å². The summed E-state index contributed by atoms with van der Waals surface area (Å²) >= 11 is 6.43. The first kappa shape index (κ1) is 9.57. The average Bonchev–Trinajstić information content (AvgIpc) is 2.37. The maximum Gasteiger partial charge on any atom is 0.107 e. The number of nitrogens with two attached hydrogens (primary N) is 1. The van der Waals surface area contributed by atoms with Gasteiger partial charge in [0, 0.05) is 18.1 Å². The molecule has 5 heteroatoms. The van der Waals surface area contributed by atoms with Crippen LogP contribution >= 0.6 is 23.6 Å². The summed E-state index contributed by atoms with van der Waals surface area (Å²) < 4.78 is 0. The molecule has 12 heavy (non-hydrogen) atoms. The van der Waals surface area contributed by atoms with E-state index in [4.69, 9.17) is 18.0 Å². The first-order chi connectivity index (χ1) is 5.68. The van der Waals surface area contributed by atoms with Gasteiger partial charge in [0.2, 0.25) is 0 Å². The standard InChI is InChI=1S/C7H11N3S2/c1-10(4-6(8)11)5-7-9-2-3-12-7/h2-3H,4-5H2,1H3,(H2,8,11). The summed E-state index contributed by atoms with van der Waals surface area (Å²) in [4.78, 5) is 6.72. The number of thiazole rings is 1. The zero-order valence-electron chi connectivity index (χ0n) is 6.86. The van der Waals surface area contributed by atoms with E-state index in [2.05, 4.69) is 4.98 Å². The van der Waals surface area contributed by atoms with Crippen molar-refractivity contribution in [2.24, 2.45) is 5.73 Å². The van der Waals surface area contributed by atoms with E-state index in [1.807, 2.05) is 17.3 Å². The Kier molecular flexibility index (Phi) is 3.58. The molecule has 0 atom stereocenters. The Bertz CT molecular complexity index is 245. The lowest BCUT2D eigenvalue weighted by atomic mass is 10.5. The van der Waals surface area contributed by atoms with E-state index < -0.39 is 0 Å². The van der Waals surface area contributed by atoms with E-state index in [0.29, 0.717) is 11.5 Å². The lowest BCUT2D eigenvalue weighted by molar-refractivity contribution is 0.374. The van der Waals surface area contributed by atoms with Crippen LogP contribution in [-0.4, -0.2) is 28.5 Å². The van der Waals surface area contributed by atoms with Crippen LogP contribution in [0.5, 0.6) is 0 Å². The summed E-state index contributed by atoms with van der Waals surface area (Å²) in [7, 11) is 1.97. The van der Waals surface area contributed by atoms with E-state index >= 15 is 0 Å². The fourth-order valence-corrected chi connectivity index (χ4v) is 1.80. The summed E-state index contributed by atoms with van der Waals surface area (Å²) in [6.07, 6.45) is 1.80. The molecule has 0 aliphatic carbocycles. The molecule has 66 valence electrons. The minimum Gasteiger partial charge on any atom is -0.392 e. The van der Waals surface area contributed by atoms with Crippen LogP contribution in [0, 0.1) is 0 Å². The highest BCUT2D eigenvalue weighted by Crippen LogP contribution is 2.05. The van der Waals surface area contributed by atoms with Gasteiger partial charge in [-0.25, -0.2) is 4.98 Å². The molecule has 0 aromatic carbocycles. The molecule has 0 radical (unpaired) electrons. The van der Waals surface area contributed by atoms with Gasteiger partial charge in [-0.15, -0.1) is 11.3 Å². The summed E-state index contributed by atoms with van der Waals surface area (Å²) in [6, 6.07) is 0. The van der Waals surface area contributed by atoms with Crippen molar-refractivity contribution in [2.45, 2.75) is 6.54 Å². The highest BCUT2D eigenvalue weighted by Gasteiger charge is 2.02. The van der Waals surface area contributed by atoms with E-state index in [9.17, 15) is 0 Å². The smallest absolute Gasteiger partial charge is 0.107 e. The van der Waals surface area contributed by atoms with Crippen LogP contribution in [0.25, 0.3) is 0 Å². The lowest BCUT2D eigenvalue weighted by Crippen LogP contribution is -2.28. The molecule has 1 rings (SSSR count). The van der Waals surface area contributed by atoms with Crippen molar-refractivity contribution in [3.05, 3.63) is 16.6 Å². The van der Waals surface area contributed by atoms with Gasteiger partial charge in [0.1, 0.15) is 5.01 Å². The Morgan fingerprint density at radius 1 is 1.83 bits per heavy atom. The SMILES string of the molecule is CN(CC(N)=S)Cc1nccs1. The zero-order chi connectivity index (χ0) is 8.97. The Morgan fingerprint density at radius 3 is 3.08 bits per heavy atom. The van der Waals surface area contributed by atoms with Gasteiger partial charge in [0.25, 0.3) is 0 Å². The summed E-state index contributed by atoms with van der Waals surface area (Å²) in [5.41, 5.74) is 5.40. The van der Waals surface area contributed by atoms with E-state index in [0.717, 1.165) is 11.6 Å². The highest BCUT2D eigenvalue weighted by molar-refractivity contribution is 7.80. The molecule has 0 fully saturated rings. The van der Waals surface area contributed by atoms with Crippen molar-refractivity contribution in [1.29, 1.82) is 0 Å². The molecule has 0 saturated heterocycles. The number of hydrogen-bond acceptors (Lipinski definition) is 4. The molecule has 0 aliphatic heterocycles. The monoisotopic (exact) mass is 201 g/mol. The number of aromatic nitrogens is 1. The maximum absolute atomic E-state index is 5.40. The fourth-order valence-electron chi connectivity index (χ4n) is 0.884. The quantitative estimate of drug-likeness (QED) is 0.734. The summed E-state index contributed by atoms with van der Waals surface area (Å²) in [5, 5.41) is 3.05. The molecule has 0 aliphatic rings. The average molecular weight is 201 g/mol. The Morgan fingerprint density at radius 2 is 2.58 bits per heavy atom. The predicted molar refractivity (Wildman–Crippen MR) is 55.2 cm³/mol. The van der Waals surface area contributed by atoms with E-state index in [1.54, 1.807) is 17.5 Å². The van der Waals surface area contributed by atoms with Gasteiger partial charge in [0.15, 0.2) is 0 Å². The highest BCUT2D eigenvalue weighted by atomic mass is 32.1. The van der Waals surface area contributed by atoms with Crippen LogP contribution in [0.4, 0.5) is 0 Å². The Balaban J connectivity index is 2.36. The summed E-state index contributed by atoms with van der Waals surface area (Å²) in [6.45, 7) is 1.46. The third kappa shape index (κ3) is 3.25. The third-order valence-electron chi connectivity index (χ3n) is 1.31. The van der Waals surface area contributed by atoms with Crippen LogP contribution < -0.4 is 5.73 Å². The molecule has 1 aromatic heterocycles. The molecule has 0 unspecified atom stereocenters. The van der Waals surface area contributed by atoms with Crippen molar-refractivity contribution in [2.75, 3.05) is 13.6 Å². The Hall–Kier alpha value is -0.520. The number of rotatable bonds is 4. The Labute approximate surface area is 81.2 Å². The minimum atomic E-state index is 0.522. The fraction of sp³-hybridized carbons (Fsp3) is 0.429. The predicted octanol–water partition coefficient (Wildman–Crippen LogP) is 0.861. The largest absolute Gasteiger partial charge is 0.392 e. The lowest BCUT2D eigenvalue weighted by Gasteiger charge is -2.12. The second kappa shape index (κ2) is 4.49. The van der Waals surface area contributed by atoms with Crippen molar-refractivity contribution in [3.63, 3.8) is 0 Å². The topological polar surface area (TPSA) is 42.1 Å². The normalized spacial score (nSPS) is 10.5. The van der Waals surface area contributed by atoms with E-state index in [-0.39, 0.29) is 0 Å². The van der Waals surface area contributed by atoms with Gasteiger partial charge < -0.3 is 5.73 Å². The van der Waals surface area contributed by atoms with E-state index in [1.165, 1.54) is 0 Å². The molecular weight excluding hydrogens is 190 g/mol. The van der Waals surface area contributed by atoms with Crippen LogP contribution in [-0.2, 0) is 6.54 Å². The van der Waals surface area contributed by atoms with Crippen LogP contribution in [0.1, 0.15) is 5.01 Å². The van der Waals surface area contributed by atoms with Gasteiger partial charge in [-0.05, 0) is 7.05 Å². The molecule has 1 aromatic rings. The number of hydrogen-bond donors (Lipinski definition) is 1. The molecule has 0 saturated carbocycles. The molecule has 0 bridgehead atoms. The number of thiocarbonyl (C=S) groups is 1. The first-order valence-electron chi connectivity index (χ1n) is 3.53. The summed E-state index contributed by atoms with van der Waals surface area (Å²) in [5.74, 6) is 0. The third-order valence-corrected chi connectivity index (χ3v) is 2.21. The van der Waals surface area contributed by atoms with Gasteiger partial charge in [-0.3, -0.25) is 4.90 Å². The second-order valence-corrected chi connectivity index (χ2v) is 4.07. The maximum atomic E-state index is 5.40. The molecular formula is C7H11N3S2. The van der Waals surface area contributed by atoms with Crippen LogP contribution in [0.2, 0.25) is 0 Å². The van der Waals surface area contributed by atoms with Gasteiger partial charge in [-0.2, -0.15) is 0 Å². The molecule has 2 N–H and O–H groups in total. The first-order valence-corrected chi connectivity index (χ1v) is 4.82. The van der Waals surface area contributed by atoms with Crippen molar-refractivity contribution < 1.29 is 0 Å². The van der Waals surface area contributed by atoms with Gasteiger partial charge in [-0.1, -0.05) is 12.2 Å². The molecule has 1 heterocycles. The minimum absolute atomic E-state index is 0.522. The molecule has 3 nitrogen and oxygen atoms in total. The number of nitrogens with zero attached hydrogens (tertiary/aromatic N) is 2. The zero-order valence-corrected chi connectivity index (χ0v) is 8.49. The van der Waals surface area contributed by atoms with Crippen molar-refractivity contribution in [1.82, 2.24) is 9.88 Å². The molecule has 0 amide bonds. The van der Waals surface area contributed by atoms with Crippen molar-refractivity contribution >= 4 is 28.5 Å². The van der Waals surface area contributed by atoms with Crippen molar-refractivity contribution in [3.8, 4) is 0 Å². The molecule has 0 spiro atoms. The van der Waals surface area contributed by atoms with Gasteiger partial charge >= 0.3 is 0 Å². The number of likely N-dealkylation sites (N-methyl/N-ethyl adjacent to an activating group) is 1. The van der Waals surface area contributed by atoms with Crippen LogP contribution in [0.3, 0.4) is 0 Å².